The van der Waals surface area contributed by atoms with Crippen LogP contribution in [0.15, 0.2) is 54.6 Å². The lowest BCUT2D eigenvalue weighted by molar-refractivity contribution is 0.0697. The molecule has 0 bridgehead atoms. The molecule has 0 aromatic heterocycles. The first-order chi connectivity index (χ1) is 10.1. The maximum Gasteiger partial charge on any atom is 0.335 e. The van der Waals surface area contributed by atoms with Crippen LogP contribution >= 0.6 is 11.6 Å². The predicted molar refractivity (Wildman–Crippen MR) is 86.1 cm³/mol. The van der Waals surface area contributed by atoms with Crippen molar-refractivity contribution < 1.29 is 9.90 Å². The van der Waals surface area contributed by atoms with Crippen molar-refractivity contribution in [2.45, 2.75) is 6.92 Å². The average molecular weight is 297 g/mol. The second-order valence-corrected chi connectivity index (χ2v) is 5.38. The van der Waals surface area contributed by atoms with Crippen LogP contribution in [-0.4, -0.2) is 11.1 Å². The van der Waals surface area contributed by atoms with Crippen LogP contribution in [0, 0.1) is 6.92 Å². The van der Waals surface area contributed by atoms with Gasteiger partial charge in [0.25, 0.3) is 0 Å². The van der Waals surface area contributed by atoms with Crippen molar-refractivity contribution in [1.29, 1.82) is 0 Å². The Morgan fingerprint density at radius 1 is 0.952 bits per heavy atom. The van der Waals surface area contributed by atoms with E-state index < -0.39 is 5.97 Å². The summed E-state index contributed by atoms with van der Waals surface area (Å²) in [7, 11) is 0. The number of rotatable bonds is 2. The molecule has 0 aliphatic heterocycles. The molecule has 2 nitrogen and oxygen atoms in total. The Bertz CT molecular complexity index is 853. The summed E-state index contributed by atoms with van der Waals surface area (Å²) >= 11 is 6.28. The highest BCUT2D eigenvalue weighted by molar-refractivity contribution is 6.34. The molecule has 3 aromatic rings. The molecule has 3 rings (SSSR count). The minimum absolute atomic E-state index is 0.235. The molecule has 0 fully saturated rings. The Labute approximate surface area is 127 Å². The Balaban J connectivity index is 2.33. The van der Waals surface area contributed by atoms with Crippen molar-refractivity contribution in [2.24, 2.45) is 0 Å². The van der Waals surface area contributed by atoms with Crippen molar-refractivity contribution in [3.63, 3.8) is 0 Å². The van der Waals surface area contributed by atoms with Crippen molar-refractivity contribution in [1.82, 2.24) is 0 Å². The molecule has 0 aliphatic carbocycles. The van der Waals surface area contributed by atoms with Crippen LogP contribution in [-0.2, 0) is 0 Å². The zero-order valence-electron chi connectivity index (χ0n) is 11.4. The molecule has 0 atom stereocenters. The van der Waals surface area contributed by atoms with Gasteiger partial charge in [-0.15, -0.1) is 0 Å². The molecule has 3 aromatic carbocycles. The third-order valence-corrected chi connectivity index (χ3v) is 3.98. The fourth-order valence-electron chi connectivity index (χ4n) is 2.55. The first kappa shape index (κ1) is 13.7. The highest BCUT2D eigenvalue weighted by atomic mass is 35.5. The van der Waals surface area contributed by atoms with Crippen LogP contribution in [0.3, 0.4) is 0 Å². The van der Waals surface area contributed by atoms with E-state index in [0.29, 0.717) is 5.02 Å². The largest absolute Gasteiger partial charge is 0.478 e. The average Bonchev–Trinajstić information content (AvgIpc) is 2.49. The first-order valence-corrected chi connectivity index (χ1v) is 6.97. The first-order valence-electron chi connectivity index (χ1n) is 6.59. The minimum Gasteiger partial charge on any atom is -0.478 e. The standard InChI is InChI=1S/C18H13ClO2/c1-11-6-8-15(14-5-3-2-4-13(11)14)16-10-12(18(20)21)7-9-17(16)19/h2-10H,1H3,(H,20,21). The third-order valence-electron chi connectivity index (χ3n) is 3.65. The van der Waals surface area contributed by atoms with Crippen LogP contribution in [0.5, 0.6) is 0 Å². The Morgan fingerprint density at radius 3 is 2.38 bits per heavy atom. The molecule has 0 saturated heterocycles. The van der Waals surface area contributed by atoms with E-state index in [1.165, 1.54) is 11.6 Å². The summed E-state index contributed by atoms with van der Waals surface area (Å²) in [5.41, 5.74) is 3.11. The number of carbonyl (C=O) groups is 1. The maximum absolute atomic E-state index is 11.2. The fourth-order valence-corrected chi connectivity index (χ4v) is 2.77. The van der Waals surface area contributed by atoms with Gasteiger partial charge in [-0.05, 0) is 47.0 Å². The van der Waals surface area contributed by atoms with Crippen LogP contribution in [0.2, 0.25) is 5.02 Å². The number of carboxylic acid groups (broad SMARTS) is 1. The van der Waals surface area contributed by atoms with Gasteiger partial charge < -0.3 is 5.11 Å². The van der Waals surface area contributed by atoms with Gasteiger partial charge in [0.05, 0.1) is 5.56 Å². The minimum atomic E-state index is -0.954. The topological polar surface area (TPSA) is 37.3 Å². The van der Waals surface area contributed by atoms with E-state index in [2.05, 4.69) is 13.0 Å². The summed E-state index contributed by atoms with van der Waals surface area (Å²) in [6, 6.07) is 16.9. The number of halogens is 1. The zero-order chi connectivity index (χ0) is 15.0. The SMILES string of the molecule is Cc1ccc(-c2cc(C(=O)O)ccc2Cl)c2ccccc12. The number of hydrogen-bond acceptors (Lipinski definition) is 1. The second-order valence-electron chi connectivity index (χ2n) is 4.98. The molecule has 1 N–H and O–H groups in total. The van der Waals surface area contributed by atoms with Gasteiger partial charge in [0.2, 0.25) is 0 Å². The highest BCUT2D eigenvalue weighted by Gasteiger charge is 2.12. The number of carboxylic acids is 1. The van der Waals surface area contributed by atoms with Crippen molar-refractivity contribution in [2.75, 3.05) is 0 Å². The van der Waals surface area contributed by atoms with Gasteiger partial charge in [-0.1, -0.05) is 48.0 Å². The highest BCUT2D eigenvalue weighted by Crippen LogP contribution is 2.35. The van der Waals surface area contributed by atoms with E-state index in [-0.39, 0.29) is 5.56 Å². The zero-order valence-corrected chi connectivity index (χ0v) is 12.2. The van der Waals surface area contributed by atoms with Gasteiger partial charge in [-0.3, -0.25) is 0 Å². The molecule has 0 heterocycles. The molecule has 0 radical (unpaired) electrons. The molecule has 0 aliphatic rings. The van der Waals surface area contributed by atoms with E-state index >= 15 is 0 Å². The second kappa shape index (κ2) is 5.23. The smallest absolute Gasteiger partial charge is 0.335 e. The van der Waals surface area contributed by atoms with E-state index in [4.69, 9.17) is 16.7 Å². The van der Waals surface area contributed by atoms with Gasteiger partial charge in [0, 0.05) is 10.6 Å². The molecule has 0 saturated carbocycles. The normalized spacial score (nSPS) is 10.8. The number of fused-ring (bicyclic) bond motifs is 1. The van der Waals surface area contributed by atoms with Gasteiger partial charge in [-0.25, -0.2) is 4.79 Å². The summed E-state index contributed by atoms with van der Waals surface area (Å²) in [6.45, 7) is 2.06. The van der Waals surface area contributed by atoms with Gasteiger partial charge in [-0.2, -0.15) is 0 Å². The van der Waals surface area contributed by atoms with Gasteiger partial charge in [0.1, 0.15) is 0 Å². The molecule has 21 heavy (non-hydrogen) atoms. The molecule has 3 heteroatoms. The maximum atomic E-state index is 11.2. The Morgan fingerprint density at radius 2 is 1.67 bits per heavy atom. The summed E-state index contributed by atoms with van der Waals surface area (Å²) in [4.78, 5) is 11.2. The summed E-state index contributed by atoms with van der Waals surface area (Å²) < 4.78 is 0. The quantitative estimate of drug-likeness (QED) is 0.708. The van der Waals surface area contributed by atoms with E-state index in [1.807, 2.05) is 30.3 Å². The fraction of sp³-hybridized carbons (Fsp3) is 0.0556. The lowest BCUT2D eigenvalue weighted by Crippen LogP contribution is -1.96. The van der Waals surface area contributed by atoms with Crippen molar-refractivity contribution in [3.05, 3.63) is 70.7 Å². The van der Waals surface area contributed by atoms with Crippen LogP contribution in [0.25, 0.3) is 21.9 Å². The monoisotopic (exact) mass is 296 g/mol. The molecular formula is C18H13ClO2. The van der Waals surface area contributed by atoms with E-state index in [1.54, 1.807) is 12.1 Å². The molecular weight excluding hydrogens is 284 g/mol. The number of aromatic carboxylic acids is 1. The lowest BCUT2D eigenvalue weighted by Gasteiger charge is -2.11. The third kappa shape index (κ3) is 2.39. The van der Waals surface area contributed by atoms with Crippen molar-refractivity contribution >= 4 is 28.3 Å². The molecule has 0 amide bonds. The van der Waals surface area contributed by atoms with E-state index in [0.717, 1.165) is 21.9 Å². The van der Waals surface area contributed by atoms with E-state index in [9.17, 15) is 4.79 Å². The number of aryl methyl sites for hydroxylation is 1. The Kier molecular flexibility index (Phi) is 3.40. The predicted octanol–water partition coefficient (Wildman–Crippen LogP) is 5.17. The van der Waals surface area contributed by atoms with Gasteiger partial charge >= 0.3 is 5.97 Å². The van der Waals surface area contributed by atoms with Crippen LogP contribution in [0.1, 0.15) is 15.9 Å². The Hall–Kier alpha value is -2.32. The number of benzene rings is 3. The number of hydrogen-bond donors (Lipinski definition) is 1. The van der Waals surface area contributed by atoms with Crippen molar-refractivity contribution in [3.8, 4) is 11.1 Å². The van der Waals surface area contributed by atoms with Gasteiger partial charge in [0.15, 0.2) is 0 Å². The summed E-state index contributed by atoms with van der Waals surface area (Å²) in [5, 5.41) is 11.9. The summed E-state index contributed by atoms with van der Waals surface area (Å²) in [6.07, 6.45) is 0. The van der Waals surface area contributed by atoms with Crippen LogP contribution < -0.4 is 0 Å². The van der Waals surface area contributed by atoms with Crippen LogP contribution in [0.4, 0.5) is 0 Å². The molecule has 0 unspecified atom stereocenters. The molecule has 104 valence electrons. The summed E-state index contributed by atoms with van der Waals surface area (Å²) in [5.74, 6) is -0.954. The lowest BCUT2D eigenvalue weighted by atomic mass is 9.94. The molecule has 0 spiro atoms.